The lowest BCUT2D eigenvalue weighted by molar-refractivity contribution is -0.137. The molecule has 0 spiro atoms. The van der Waals surface area contributed by atoms with Gasteiger partial charge < -0.3 is 25.0 Å². The van der Waals surface area contributed by atoms with Crippen LogP contribution in [-0.2, 0) is 17.5 Å². The van der Waals surface area contributed by atoms with Crippen molar-refractivity contribution < 1.29 is 27.8 Å². The molecule has 2 heterocycles. The average molecular weight is 517 g/mol. The number of likely N-dealkylation sites (tertiary alicyclic amines) is 1. The Balaban J connectivity index is 1.58. The molecule has 1 aliphatic rings. The number of benzene rings is 2. The zero-order chi connectivity index (χ0) is 26.6. The van der Waals surface area contributed by atoms with E-state index in [0.29, 0.717) is 54.6 Å². The van der Waals surface area contributed by atoms with E-state index < -0.39 is 11.7 Å². The molecule has 1 aliphatic heterocycles. The molecule has 1 amide bonds. The summed E-state index contributed by atoms with van der Waals surface area (Å²) >= 11 is 0. The van der Waals surface area contributed by atoms with Crippen molar-refractivity contribution in [1.29, 1.82) is 5.41 Å². The number of aliphatic hydroxyl groups excluding tert-OH is 1. The second-order valence-electron chi connectivity index (χ2n) is 9.36. The summed E-state index contributed by atoms with van der Waals surface area (Å²) in [6.07, 6.45) is -1.85. The van der Waals surface area contributed by atoms with E-state index in [4.69, 9.17) is 21.0 Å². The van der Waals surface area contributed by atoms with Gasteiger partial charge in [0, 0.05) is 42.7 Å². The van der Waals surface area contributed by atoms with Crippen molar-refractivity contribution in [3.63, 3.8) is 0 Å². The molecule has 3 aromatic rings. The quantitative estimate of drug-likeness (QED) is 0.225. The minimum Gasteiger partial charge on any atom is -0.394 e. The topological polar surface area (TPSA) is 105 Å². The monoisotopic (exact) mass is 516 g/mol. The standard InChI is InChI=1S/C27H31F3N4O3/c28-27(29,30)22-5-1-19(2-6-22)17-34-23-16-21(25(31)32)4-3-20(23)15-24(34)26(36)33-10-7-18(8-11-33)9-13-37-14-12-35/h1-6,15-16,18,35H,7-14,17H2,(H3,31,32). The average Bonchev–Trinajstić information content (AvgIpc) is 3.24. The summed E-state index contributed by atoms with van der Waals surface area (Å²) in [6.45, 7) is 2.31. The molecule has 10 heteroatoms. The van der Waals surface area contributed by atoms with Crippen molar-refractivity contribution in [2.45, 2.75) is 32.0 Å². The van der Waals surface area contributed by atoms with Gasteiger partial charge in [-0.05, 0) is 55.0 Å². The lowest BCUT2D eigenvalue weighted by Crippen LogP contribution is -2.39. The van der Waals surface area contributed by atoms with Gasteiger partial charge in [0.2, 0.25) is 0 Å². The normalized spacial score (nSPS) is 14.9. The fourth-order valence-electron chi connectivity index (χ4n) is 4.75. The summed E-state index contributed by atoms with van der Waals surface area (Å²) in [5, 5.41) is 17.4. The molecule has 1 aromatic heterocycles. The number of alkyl halides is 3. The second kappa shape index (κ2) is 11.4. The molecule has 198 valence electrons. The Kier molecular flexibility index (Phi) is 8.19. The first-order valence-electron chi connectivity index (χ1n) is 12.3. The zero-order valence-corrected chi connectivity index (χ0v) is 20.4. The number of aromatic nitrogens is 1. The molecule has 0 aliphatic carbocycles. The number of ether oxygens (including phenoxy) is 1. The Labute approximate surface area is 213 Å². The fourth-order valence-corrected chi connectivity index (χ4v) is 4.75. The number of nitrogens with one attached hydrogen (secondary N) is 1. The Bertz CT molecular complexity index is 1250. The number of amides is 1. The minimum atomic E-state index is -4.42. The van der Waals surface area contributed by atoms with Crippen LogP contribution in [0.1, 0.15) is 46.4 Å². The number of rotatable bonds is 9. The van der Waals surface area contributed by atoms with E-state index in [0.717, 1.165) is 36.8 Å². The first-order chi connectivity index (χ1) is 17.7. The van der Waals surface area contributed by atoms with Crippen LogP contribution in [-0.4, -0.2) is 59.2 Å². The highest BCUT2D eigenvalue weighted by molar-refractivity contribution is 6.02. The molecule has 0 saturated carbocycles. The molecular formula is C27H31F3N4O3. The zero-order valence-electron chi connectivity index (χ0n) is 20.4. The number of halogens is 3. The van der Waals surface area contributed by atoms with Gasteiger partial charge in [-0.15, -0.1) is 0 Å². The van der Waals surface area contributed by atoms with Crippen molar-refractivity contribution in [2.24, 2.45) is 11.7 Å². The van der Waals surface area contributed by atoms with Crippen LogP contribution in [0.5, 0.6) is 0 Å². The number of hydrogen-bond donors (Lipinski definition) is 3. The van der Waals surface area contributed by atoms with Crippen molar-refractivity contribution in [3.8, 4) is 0 Å². The van der Waals surface area contributed by atoms with Gasteiger partial charge in [-0.3, -0.25) is 10.2 Å². The maximum atomic E-state index is 13.6. The highest BCUT2D eigenvalue weighted by Gasteiger charge is 2.30. The van der Waals surface area contributed by atoms with Crippen LogP contribution in [0.15, 0.2) is 48.5 Å². The number of carbonyl (C=O) groups is 1. The Morgan fingerprint density at radius 2 is 1.78 bits per heavy atom. The maximum absolute atomic E-state index is 13.6. The molecule has 0 bridgehead atoms. The van der Waals surface area contributed by atoms with Gasteiger partial charge in [0.15, 0.2) is 0 Å². The maximum Gasteiger partial charge on any atom is 0.416 e. The molecule has 7 nitrogen and oxygen atoms in total. The van der Waals surface area contributed by atoms with E-state index >= 15 is 0 Å². The van der Waals surface area contributed by atoms with E-state index in [1.54, 1.807) is 28.8 Å². The highest BCUT2D eigenvalue weighted by Crippen LogP contribution is 2.30. The number of nitrogen functional groups attached to an aromatic ring is 1. The van der Waals surface area contributed by atoms with Crippen LogP contribution < -0.4 is 5.73 Å². The molecule has 0 atom stereocenters. The molecule has 2 aromatic carbocycles. The summed E-state index contributed by atoms with van der Waals surface area (Å²) in [7, 11) is 0. The Morgan fingerprint density at radius 1 is 1.08 bits per heavy atom. The number of aliphatic hydroxyl groups is 1. The number of fused-ring (bicyclic) bond motifs is 1. The van der Waals surface area contributed by atoms with Crippen molar-refractivity contribution >= 4 is 22.6 Å². The van der Waals surface area contributed by atoms with Gasteiger partial charge in [0.1, 0.15) is 11.5 Å². The molecule has 37 heavy (non-hydrogen) atoms. The van der Waals surface area contributed by atoms with Gasteiger partial charge in [-0.2, -0.15) is 13.2 Å². The molecule has 0 radical (unpaired) electrons. The van der Waals surface area contributed by atoms with Crippen LogP contribution >= 0.6 is 0 Å². The molecule has 1 fully saturated rings. The first kappa shape index (κ1) is 26.7. The predicted molar refractivity (Wildman–Crippen MR) is 135 cm³/mol. The third-order valence-corrected chi connectivity index (χ3v) is 6.86. The fraction of sp³-hybridized carbons (Fsp3) is 0.407. The SMILES string of the molecule is N=C(N)c1ccc2cc(C(=O)N3CCC(CCOCCO)CC3)n(Cc3ccc(C(F)(F)F)cc3)c2c1. The summed E-state index contributed by atoms with van der Waals surface area (Å²) in [5.74, 6) is 0.198. The lowest BCUT2D eigenvalue weighted by Gasteiger charge is -2.32. The second-order valence-corrected chi connectivity index (χ2v) is 9.36. The van der Waals surface area contributed by atoms with E-state index in [9.17, 15) is 18.0 Å². The summed E-state index contributed by atoms with van der Waals surface area (Å²) in [6, 6.07) is 12.0. The number of piperidine rings is 1. The predicted octanol–water partition coefficient (Wildman–Crippen LogP) is 4.24. The van der Waals surface area contributed by atoms with E-state index in [-0.39, 0.29) is 24.9 Å². The van der Waals surface area contributed by atoms with Gasteiger partial charge in [0.05, 0.1) is 18.8 Å². The van der Waals surface area contributed by atoms with Crippen molar-refractivity contribution in [1.82, 2.24) is 9.47 Å². The molecule has 0 unspecified atom stereocenters. The number of nitrogens with two attached hydrogens (primary N) is 1. The number of nitrogens with zero attached hydrogens (tertiary/aromatic N) is 2. The van der Waals surface area contributed by atoms with Crippen LogP contribution in [0.3, 0.4) is 0 Å². The third kappa shape index (κ3) is 6.31. The molecule has 4 N–H and O–H groups in total. The minimum absolute atomic E-state index is 0.00132. The Morgan fingerprint density at radius 3 is 2.41 bits per heavy atom. The highest BCUT2D eigenvalue weighted by atomic mass is 19.4. The third-order valence-electron chi connectivity index (χ3n) is 6.86. The van der Waals surface area contributed by atoms with Gasteiger partial charge in [0.25, 0.3) is 5.91 Å². The Hall–Kier alpha value is -3.37. The van der Waals surface area contributed by atoms with E-state index in [1.807, 2.05) is 4.90 Å². The molecular weight excluding hydrogens is 485 g/mol. The van der Waals surface area contributed by atoms with Gasteiger partial charge in [-0.1, -0.05) is 24.3 Å². The van der Waals surface area contributed by atoms with Crippen molar-refractivity contribution in [3.05, 3.63) is 70.9 Å². The summed E-state index contributed by atoms with van der Waals surface area (Å²) in [5.41, 5.74) is 7.21. The van der Waals surface area contributed by atoms with Crippen LogP contribution in [0.25, 0.3) is 10.9 Å². The van der Waals surface area contributed by atoms with E-state index in [1.165, 1.54) is 12.1 Å². The number of carbonyl (C=O) groups excluding carboxylic acids is 1. The first-order valence-corrected chi connectivity index (χ1v) is 12.3. The molecule has 4 rings (SSSR count). The van der Waals surface area contributed by atoms with Crippen LogP contribution in [0.4, 0.5) is 13.2 Å². The van der Waals surface area contributed by atoms with E-state index in [2.05, 4.69) is 0 Å². The van der Waals surface area contributed by atoms with Crippen LogP contribution in [0, 0.1) is 11.3 Å². The largest absolute Gasteiger partial charge is 0.416 e. The number of hydrogen-bond acceptors (Lipinski definition) is 4. The smallest absolute Gasteiger partial charge is 0.394 e. The van der Waals surface area contributed by atoms with Gasteiger partial charge in [-0.25, -0.2) is 0 Å². The van der Waals surface area contributed by atoms with Crippen LogP contribution in [0.2, 0.25) is 0 Å². The van der Waals surface area contributed by atoms with Gasteiger partial charge >= 0.3 is 6.18 Å². The summed E-state index contributed by atoms with van der Waals surface area (Å²) < 4.78 is 46.2. The lowest BCUT2D eigenvalue weighted by atomic mass is 9.94. The van der Waals surface area contributed by atoms with Crippen molar-refractivity contribution in [2.75, 3.05) is 32.9 Å². The molecule has 1 saturated heterocycles. The summed E-state index contributed by atoms with van der Waals surface area (Å²) in [4.78, 5) is 15.4. The number of amidine groups is 1.